The summed E-state index contributed by atoms with van der Waals surface area (Å²) in [5.41, 5.74) is 0.904. The summed E-state index contributed by atoms with van der Waals surface area (Å²) in [5.74, 6) is 0.837. The fourth-order valence-electron chi connectivity index (χ4n) is 1.83. The van der Waals surface area contributed by atoms with Crippen LogP contribution in [-0.2, 0) is 0 Å². The van der Waals surface area contributed by atoms with Gasteiger partial charge in [0.05, 0.1) is 6.20 Å². The first-order valence-electron chi connectivity index (χ1n) is 6.11. The Kier molecular flexibility index (Phi) is 3.98. The molecule has 0 bridgehead atoms. The van der Waals surface area contributed by atoms with Gasteiger partial charge in [0.2, 0.25) is 0 Å². The van der Waals surface area contributed by atoms with Gasteiger partial charge in [-0.3, -0.25) is 0 Å². The molecule has 2 heterocycles. The van der Waals surface area contributed by atoms with Gasteiger partial charge in [0.25, 0.3) is 0 Å². The lowest BCUT2D eigenvalue weighted by Gasteiger charge is -2.17. The van der Waals surface area contributed by atoms with Gasteiger partial charge in [-0.15, -0.1) is 0 Å². The van der Waals surface area contributed by atoms with Crippen molar-refractivity contribution in [2.24, 2.45) is 0 Å². The number of fused-ring (bicyclic) bond motifs is 1. The van der Waals surface area contributed by atoms with Crippen LogP contribution in [0.5, 0.6) is 5.75 Å². The van der Waals surface area contributed by atoms with Crippen molar-refractivity contribution in [1.29, 1.82) is 0 Å². The summed E-state index contributed by atoms with van der Waals surface area (Å²) < 4.78 is 5.70. The predicted octanol–water partition coefficient (Wildman–Crippen LogP) is 2.53. The van der Waals surface area contributed by atoms with Crippen molar-refractivity contribution >= 4 is 11.0 Å². The molecule has 0 saturated carbocycles. The molecule has 0 saturated heterocycles. The van der Waals surface area contributed by atoms with Crippen molar-refractivity contribution < 1.29 is 6.16 Å². The van der Waals surface area contributed by atoms with Gasteiger partial charge >= 0.3 is 0 Å². The van der Waals surface area contributed by atoms with Gasteiger partial charge in [-0.1, -0.05) is 13.8 Å². The average molecular weight is 235 g/mol. The number of rotatable bonds is 6. The molecule has 2 rings (SSSR count). The highest BCUT2D eigenvalue weighted by atomic mass is 16.5. The summed E-state index contributed by atoms with van der Waals surface area (Å²) in [6.45, 7) is 8.12. The van der Waals surface area contributed by atoms with Crippen molar-refractivity contribution in [1.82, 2.24) is 14.9 Å². The molecule has 0 radical (unpaired) electrons. The van der Waals surface area contributed by atoms with E-state index in [-0.39, 0.29) is 1.43 Å². The molecule has 0 fully saturated rings. The van der Waals surface area contributed by atoms with Crippen LogP contribution in [0.1, 0.15) is 15.3 Å². The lowest BCUT2D eigenvalue weighted by molar-refractivity contribution is 0.222. The predicted molar refractivity (Wildman–Crippen MR) is 71.5 cm³/mol. The zero-order chi connectivity index (χ0) is 12.1. The number of aromatic amines is 1. The van der Waals surface area contributed by atoms with Gasteiger partial charge in [-0.05, 0) is 25.2 Å². The summed E-state index contributed by atoms with van der Waals surface area (Å²) in [5, 5.41) is 1.09. The van der Waals surface area contributed by atoms with E-state index in [2.05, 4.69) is 28.7 Å². The first-order chi connectivity index (χ1) is 8.33. The molecule has 94 valence electrons. The summed E-state index contributed by atoms with van der Waals surface area (Å²) in [6.07, 6.45) is 3.65. The fraction of sp³-hybridized carbons (Fsp3) is 0.462. The van der Waals surface area contributed by atoms with Crippen LogP contribution >= 0.6 is 0 Å². The molecule has 17 heavy (non-hydrogen) atoms. The lowest BCUT2D eigenvalue weighted by Crippen LogP contribution is -2.27. The van der Waals surface area contributed by atoms with E-state index >= 15 is 0 Å². The van der Waals surface area contributed by atoms with Gasteiger partial charge in [0.15, 0.2) is 0 Å². The number of aromatic nitrogens is 2. The molecule has 4 nitrogen and oxygen atoms in total. The summed E-state index contributed by atoms with van der Waals surface area (Å²) in [7, 11) is 0. The molecule has 4 heteroatoms. The molecule has 0 aromatic carbocycles. The number of likely N-dealkylation sites (N-methyl/N-ethyl adjacent to an activating group) is 1. The minimum atomic E-state index is 0. The Labute approximate surface area is 103 Å². The number of H-pyrrole nitrogens is 1. The molecule has 0 unspecified atom stereocenters. The van der Waals surface area contributed by atoms with Crippen LogP contribution in [0.4, 0.5) is 0 Å². The minimum absolute atomic E-state index is 0. The van der Waals surface area contributed by atoms with E-state index < -0.39 is 0 Å². The second-order valence-corrected chi connectivity index (χ2v) is 3.96. The van der Waals surface area contributed by atoms with E-state index in [4.69, 9.17) is 4.74 Å². The van der Waals surface area contributed by atoms with Crippen molar-refractivity contribution in [2.45, 2.75) is 13.8 Å². The van der Waals surface area contributed by atoms with E-state index in [0.29, 0.717) is 6.61 Å². The second kappa shape index (κ2) is 5.68. The Bertz CT molecular complexity index is 468. The normalized spacial score (nSPS) is 11.2. The quantitative estimate of drug-likeness (QED) is 0.836. The van der Waals surface area contributed by atoms with Crippen molar-refractivity contribution in [3.63, 3.8) is 0 Å². The third kappa shape index (κ3) is 2.97. The monoisotopic (exact) mass is 235 g/mol. The molecule has 0 aliphatic carbocycles. The SMILES string of the molecule is CCN(CC)CCOc1cnc2[nH]ccc2c1.[HH]. The largest absolute Gasteiger partial charge is 0.491 e. The van der Waals surface area contributed by atoms with E-state index in [9.17, 15) is 0 Å². The van der Waals surface area contributed by atoms with Crippen LogP contribution in [0, 0.1) is 0 Å². The summed E-state index contributed by atoms with van der Waals surface area (Å²) >= 11 is 0. The van der Waals surface area contributed by atoms with Crippen LogP contribution in [0.15, 0.2) is 24.5 Å². The topological polar surface area (TPSA) is 41.1 Å². The van der Waals surface area contributed by atoms with Gasteiger partial charge in [0.1, 0.15) is 18.0 Å². The number of nitrogens with zero attached hydrogens (tertiary/aromatic N) is 2. The Morgan fingerprint density at radius 2 is 2.24 bits per heavy atom. The van der Waals surface area contributed by atoms with Crippen LogP contribution < -0.4 is 4.74 Å². The molecule has 0 atom stereocenters. The van der Waals surface area contributed by atoms with Crippen LogP contribution in [-0.4, -0.2) is 41.1 Å². The van der Waals surface area contributed by atoms with Gasteiger partial charge in [0, 0.05) is 19.6 Å². The highest BCUT2D eigenvalue weighted by Gasteiger charge is 2.01. The zero-order valence-electron chi connectivity index (χ0n) is 10.4. The molecular formula is C13H21N3O. The first kappa shape index (κ1) is 11.9. The van der Waals surface area contributed by atoms with Crippen molar-refractivity contribution in [3.8, 4) is 5.75 Å². The Morgan fingerprint density at radius 1 is 1.41 bits per heavy atom. The maximum Gasteiger partial charge on any atom is 0.138 e. The average Bonchev–Trinajstić information content (AvgIpc) is 2.82. The molecule has 0 aliphatic heterocycles. The van der Waals surface area contributed by atoms with Crippen molar-refractivity contribution in [3.05, 3.63) is 24.5 Å². The summed E-state index contributed by atoms with van der Waals surface area (Å²) in [4.78, 5) is 9.69. The maximum absolute atomic E-state index is 5.70. The first-order valence-corrected chi connectivity index (χ1v) is 6.11. The highest BCUT2D eigenvalue weighted by molar-refractivity contribution is 5.76. The van der Waals surface area contributed by atoms with E-state index in [1.807, 2.05) is 18.3 Å². The second-order valence-electron chi connectivity index (χ2n) is 3.96. The lowest BCUT2D eigenvalue weighted by atomic mass is 10.3. The molecule has 0 aliphatic rings. The number of hydrogen-bond acceptors (Lipinski definition) is 3. The van der Waals surface area contributed by atoms with Crippen LogP contribution in [0.3, 0.4) is 0 Å². The standard InChI is InChI=1S/C13H19N3O.H2/c1-3-16(4-2)7-8-17-12-9-11-5-6-14-13(11)15-10-12;/h5-6,9-10H,3-4,7-8H2,1-2H3,(H,14,15);1H. The third-order valence-electron chi connectivity index (χ3n) is 2.95. The third-order valence-corrected chi connectivity index (χ3v) is 2.95. The number of ether oxygens (including phenoxy) is 1. The minimum Gasteiger partial charge on any atom is -0.491 e. The van der Waals surface area contributed by atoms with Crippen molar-refractivity contribution in [2.75, 3.05) is 26.2 Å². The fourth-order valence-corrected chi connectivity index (χ4v) is 1.83. The van der Waals surface area contributed by atoms with E-state index in [0.717, 1.165) is 36.4 Å². The van der Waals surface area contributed by atoms with Crippen LogP contribution in [0.25, 0.3) is 11.0 Å². The molecule has 2 aromatic heterocycles. The Balaban J connectivity index is 0.00000162. The molecule has 2 aromatic rings. The van der Waals surface area contributed by atoms with Gasteiger partial charge in [-0.2, -0.15) is 0 Å². The zero-order valence-corrected chi connectivity index (χ0v) is 10.4. The highest BCUT2D eigenvalue weighted by Crippen LogP contribution is 2.16. The van der Waals surface area contributed by atoms with Gasteiger partial charge in [-0.25, -0.2) is 4.98 Å². The molecular weight excluding hydrogens is 214 g/mol. The Hall–Kier alpha value is -1.55. The van der Waals surface area contributed by atoms with E-state index in [1.54, 1.807) is 6.20 Å². The van der Waals surface area contributed by atoms with Gasteiger partial charge < -0.3 is 14.6 Å². The molecule has 0 spiro atoms. The molecule has 0 amide bonds. The van der Waals surface area contributed by atoms with Crippen LogP contribution in [0.2, 0.25) is 0 Å². The number of hydrogen-bond donors (Lipinski definition) is 1. The Morgan fingerprint density at radius 3 is 3.00 bits per heavy atom. The number of pyridine rings is 1. The maximum atomic E-state index is 5.70. The molecule has 1 N–H and O–H groups in total. The smallest absolute Gasteiger partial charge is 0.138 e. The summed E-state index contributed by atoms with van der Waals surface area (Å²) in [6, 6.07) is 4.01. The number of nitrogens with one attached hydrogen (secondary N) is 1. The van der Waals surface area contributed by atoms with E-state index in [1.165, 1.54) is 0 Å².